The molecule has 2 aromatic carbocycles. The summed E-state index contributed by atoms with van der Waals surface area (Å²) in [7, 11) is 1.89. The van der Waals surface area contributed by atoms with Crippen LogP contribution in [0.1, 0.15) is 38.3 Å². The summed E-state index contributed by atoms with van der Waals surface area (Å²) in [5, 5.41) is 5.83. The van der Waals surface area contributed by atoms with Gasteiger partial charge in [-0.1, -0.05) is 36.4 Å². The third-order valence-electron chi connectivity index (χ3n) is 4.83. The second-order valence-corrected chi connectivity index (χ2v) is 6.96. The van der Waals surface area contributed by atoms with E-state index in [9.17, 15) is 9.59 Å². The summed E-state index contributed by atoms with van der Waals surface area (Å²) in [6, 6.07) is 21.2. The van der Waals surface area contributed by atoms with Gasteiger partial charge >= 0.3 is 0 Å². The number of imidazole rings is 1. The molecule has 2 amide bonds. The van der Waals surface area contributed by atoms with E-state index in [4.69, 9.17) is 0 Å². The van der Waals surface area contributed by atoms with Gasteiger partial charge in [0, 0.05) is 36.9 Å². The number of aryl methyl sites for hydroxylation is 1. The molecule has 1 atom stereocenters. The van der Waals surface area contributed by atoms with Crippen LogP contribution in [0.4, 0.5) is 5.69 Å². The number of carbonyl (C=O) groups is 2. The molecule has 0 aliphatic carbocycles. The zero-order valence-electron chi connectivity index (χ0n) is 16.9. The molecule has 0 saturated carbocycles. The zero-order chi connectivity index (χ0) is 21.6. The van der Waals surface area contributed by atoms with Crippen molar-refractivity contribution in [1.82, 2.24) is 19.9 Å². The van der Waals surface area contributed by atoms with E-state index in [1.54, 1.807) is 54.9 Å². The smallest absolute Gasteiger partial charge is 0.274 e. The summed E-state index contributed by atoms with van der Waals surface area (Å²) >= 11 is 0. The molecule has 2 N–H and O–H groups in total. The minimum Gasteiger partial charge on any atom is -0.338 e. The van der Waals surface area contributed by atoms with Gasteiger partial charge in [-0.15, -0.1) is 0 Å². The molecule has 0 aliphatic rings. The molecule has 0 bridgehead atoms. The van der Waals surface area contributed by atoms with Crippen LogP contribution in [0.5, 0.6) is 0 Å². The van der Waals surface area contributed by atoms with Crippen LogP contribution in [0.2, 0.25) is 0 Å². The van der Waals surface area contributed by atoms with Crippen LogP contribution in [0.25, 0.3) is 0 Å². The van der Waals surface area contributed by atoms with Crippen LogP contribution in [0.3, 0.4) is 0 Å². The first-order valence-corrected chi connectivity index (χ1v) is 9.77. The first-order valence-electron chi connectivity index (χ1n) is 9.77. The summed E-state index contributed by atoms with van der Waals surface area (Å²) < 4.78 is 1.88. The summed E-state index contributed by atoms with van der Waals surface area (Å²) in [5.41, 5.74) is 2.32. The van der Waals surface area contributed by atoms with Crippen LogP contribution in [0, 0.1) is 0 Å². The fraction of sp³-hybridized carbons (Fsp3) is 0.0833. The lowest BCUT2D eigenvalue weighted by molar-refractivity contribution is 0.0940. The van der Waals surface area contributed by atoms with Gasteiger partial charge in [-0.2, -0.15) is 0 Å². The van der Waals surface area contributed by atoms with Gasteiger partial charge in [0.2, 0.25) is 0 Å². The molecular formula is C24H21N5O2. The van der Waals surface area contributed by atoms with E-state index < -0.39 is 6.04 Å². The van der Waals surface area contributed by atoms with Crippen molar-refractivity contribution in [2.75, 3.05) is 5.32 Å². The standard InChI is InChI=1S/C24H21N5O2/c1-29-16-15-26-22(29)21(17-7-3-2-4-8-17)28-23(30)18-10-12-19(13-11-18)27-24(31)20-9-5-6-14-25-20/h2-16,21H,1H3,(H,27,31)(H,28,30)/t21-/m0/s1. The highest BCUT2D eigenvalue weighted by molar-refractivity contribution is 6.03. The molecule has 4 rings (SSSR count). The number of aromatic nitrogens is 3. The lowest BCUT2D eigenvalue weighted by atomic mass is 10.1. The van der Waals surface area contributed by atoms with Crippen molar-refractivity contribution in [3.63, 3.8) is 0 Å². The quantitative estimate of drug-likeness (QED) is 0.508. The molecular weight excluding hydrogens is 390 g/mol. The van der Waals surface area contributed by atoms with E-state index in [1.165, 1.54) is 0 Å². The highest BCUT2D eigenvalue weighted by Crippen LogP contribution is 2.21. The number of hydrogen-bond acceptors (Lipinski definition) is 4. The van der Waals surface area contributed by atoms with E-state index in [1.807, 2.05) is 48.1 Å². The van der Waals surface area contributed by atoms with E-state index in [-0.39, 0.29) is 11.8 Å². The first-order chi connectivity index (χ1) is 15.1. The normalized spacial score (nSPS) is 11.5. The molecule has 31 heavy (non-hydrogen) atoms. The number of benzene rings is 2. The zero-order valence-corrected chi connectivity index (χ0v) is 16.9. The largest absolute Gasteiger partial charge is 0.338 e. The van der Waals surface area contributed by atoms with E-state index >= 15 is 0 Å². The fourth-order valence-electron chi connectivity index (χ4n) is 3.21. The van der Waals surface area contributed by atoms with Gasteiger partial charge in [0.15, 0.2) is 0 Å². The molecule has 2 aromatic heterocycles. The van der Waals surface area contributed by atoms with Crippen molar-refractivity contribution in [3.8, 4) is 0 Å². The molecule has 0 aliphatic heterocycles. The van der Waals surface area contributed by atoms with Gasteiger partial charge in [-0.3, -0.25) is 14.6 Å². The Morgan fingerprint density at radius 3 is 2.23 bits per heavy atom. The van der Waals surface area contributed by atoms with Crippen molar-refractivity contribution >= 4 is 17.5 Å². The van der Waals surface area contributed by atoms with Crippen LogP contribution in [-0.2, 0) is 7.05 Å². The number of hydrogen-bond donors (Lipinski definition) is 2. The average Bonchev–Trinajstić information content (AvgIpc) is 3.24. The maximum Gasteiger partial charge on any atom is 0.274 e. The number of nitrogens with zero attached hydrogens (tertiary/aromatic N) is 3. The molecule has 2 heterocycles. The molecule has 4 aromatic rings. The van der Waals surface area contributed by atoms with Crippen molar-refractivity contribution in [2.45, 2.75) is 6.04 Å². The Morgan fingerprint density at radius 2 is 1.58 bits per heavy atom. The van der Waals surface area contributed by atoms with Crippen LogP contribution < -0.4 is 10.6 Å². The second-order valence-electron chi connectivity index (χ2n) is 6.96. The maximum absolute atomic E-state index is 12.9. The lowest BCUT2D eigenvalue weighted by Crippen LogP contribution is -2.31. The molecule has 0 fully saturated rings. The van der Waals surface area contributed by atoms with E-state index in [2.05, 4.69) is 20.6 Å². The van der Waals surface area contributed by atoms with Crippen LogP contribution >= 0.6 is 0 Å². The van der Waals surface area contributed by atoms with Gasteiger partial charge in [-0.25, -0.2) is 4.98 Å². The number of carbonyl (C=O) groups excluding carboxylic acids is 2. The third-order valence-corrected chi connectivity index (χ3v) is 4.83. The highest BCUT2D eigenvalue weighted by atomic mass is 16.2. The summed E-state index contributed by atoms with van der Waals surface area (Å²) in [6.07, 6.45) is 5.11. The fourth-order valence-corrected chi connectivity index (χ4v) is 3.21. The minimum absolute atomic E-state index is 0.237. The Labute approximate surface area is 179 Å². The predicted octanol–water partition coefficient (Wildman–Crippen LogP) is 3.59. The van der Waals surface area contributed by atoms with Gasteiger partial charge in [0.1, 0.15) is 17.6 Å². The third kappa shape index (κ3) is 4.67. The van der Waals surface area contributed by atoms with Crippen LogP contribution in [0.15, 0.2) is 91.4 Å². The van der Waals surface area contributed by atoms with E-state index in [0.717, 1.165) is 11.4 Å². The van der Waals surface area contributed by atoms with E-state index in [0.29, 0.717) is 16.9 Å². The Kier molecular flexibility index (Phi) is 5.84. The number of pyridine rings is 1. The molecule has 0 spiro atoms. The van der Waals surface area contributed by atoms with Crippen molar-refractivity contribution in [2.24, 2.45) is 7.05 Å². The van der Waals surface area contributed by atoms with Crippen molar-refractivity contribution < 1.29 is 9.59 Å². The van der Waals surface area contributed by atoms with Gasteiger partial charge in [0.05, 0.1) is 0 Å². The molecule has 0 unspecified atom stereocenters. The molecule has 154 valence electrons. The van der Waals surface area contributed by atoms with Crippen molar-refractivity contribution in [1.29, 1.82) is 0 Å². The number of rotatable bonds is 6. The number of anilines is 1. The Balaban J connectivity index is 1.49. The highest BCUT2D eigenvalue weighted by Gasteiger charge is 2.21. The second kappa shape index (κ2) is 9.04. The van der Waals surface area contributed by atoms with Crippen molar-refractivity contribution in [3.05, 3.63) is 114 Å². The predicted molar refractivity (Wildman–Crippen MR) is 118 cm³/mol. The molecule has 0 radical (unpaired) electrons. The Hall–Kier alpha value is -4.26. The molecule has 7 heteroatoms. The molecule has 7 nitrogen and oxygen atoms in total. The SMILES string of the molecule is Cn1ccnc1[C@@H](NC(=O)c1ccc(NC(=O)c2ccccn2)cc1)c1ccccc1. The average molecular weight is 411 g/mol. The Bertz CT molecular complexity index is 1170. The maximum atomic E-state index is 12.9. The number of nitrogens with one attached hydrogen (secondary N) is 2. The number of amides is 2. The first kappa shape index (κ1) is 20.0. The topological polar surface area (TPSA) is 88.9 Å². The minimum atomic E-state index is -0.391. The van der Waals surface area contributed by atoms with Crippen LogP contribution in [-0.4, -0.2) is 26.3 Å². The lowest BCUT2D eigenvalue weighted by Gasteiger charge is -2.19. The van der Waals surface area contributed by atoms with Gasteiger partial charge < -0.3 is 15.2 Å². The monoisotopic (exact) mass is 411 g/mol. The van der Waals surface area contributed by atoms with Gasteiger partial charge in [0.25, 0.3) is 11.8 Å². The summed E-state index contributed by atoms with van der Waals surface area (Å²) in [4.78, 5) is 33.6. The van der Waals surface area contributed by atoms with Gasteiger partial charge in [-0.05, 0) is 42.0 Å². The molecule has 0 saturated heterocycles. The Morgan fingerprint density at radius 1 is 0.839 bits per heavy atom. The summed E-state index contributed by atoms with van der Waals surface area (Å²) in [6.45, 7) is 0. The summed E-state index contributed by atoms with van der Waals surface area (Å²) in [5.74, 6) is 0.190.